The highest BCUT2D eigenvalue weighted by atomic mass is 31.2. The molecule has 0 rings (SSSR count). The summed E-state index contributed by atoms with van der Waals surface area (Å²) in [6, 6.07) is 0. The summed E-state index contributed by atoms with van der Waals surface area (Å²) in [5.74, 6) is -2.36. The molecule has 566 valence electrons. The minimum Gasteiger partial charge on any atom is -0.462 e. The van der Waals surface area contributed by atoms with E-state index in [4.69, 9.17) is 37.0 Å². The molecule has 0 amide bonds. The Bertz CT molecular complexity index is 2570. The van der Waals surface area contributed by atoms with Crippen LogP contribution in [-0.4, -0.2) is 96.7 Å². The van der Waals surface area contributed by atoms with E-state index in [1.54, 1.807) is 0 Å². The molecule has 0 aliphatic rings. The summed E-state index contributed by atoms with van der Waals surface area (Å²) in [5.41, 5.74) is 0. The Morgan fingerprint density at radius 3 is 0.840 bits per heavy atom. The predicted molar refractivity (Wildman–Crippen MR) is 408 cm³/mol. The summed E-state index contributed by atoms with van der Waals surface area (Å²) in [5, 5.41) is 10.6. The van der Waals surface area contributed by atoms with Gasteiger partial charge in [-0.05, 0) is 154 Å². The van der Waals surface area contributed by atoms with Crippen molar-refractivity contribution in [2.45, 2.75) is 277 Å². The molecule has 0 aromatic rings. The van der Waals surface area contributed by atoms with Gasteiger partial charge < -0.3 is 33.8 Å². The van der Waals surface area contributed by atoms with Crippen LogP contribution < -0.4 is 0 Å². The van der Waals surface area contributed by atoms with Gasteiger partial charge in [0.2, 0.25) is 0 Å². The number of esters is 4. The second-order valence-electron chi connectivity index (χ2n) is 24.1. The lowest BCUT2D eigenvalue weighted by Gasteiger charge is -2.21. The summed E-state index contributed by atoms with van der Waals surface area (Å²) in [6.07, 6.45) is 83.7. The van der Waals surface area contributed by atoms with Crippen LogP contribution in [0.15, 0.2) is 170 Å². The van der Waals surface area contributed by atoms with Crippen molar-refractivity contribution in [3.05, 3.63) is 170 Å². The van der Waals surface area contributed by atoms with Gasteiger partial charge in [-0.25, -0.2) is 9.13 Å². The number of carbonyl (C=O) groups excluding carboxylic acids is 4. The summed E-state index contributed by atoms with van der Waals surface area (Å²) >= 11 is 0. The molecule has 17 nitrogen and oxygen atoms in total. The van der Waals surface area contributed by atoms with Crippen molar-refractivity contribution < 1.29 is 80.2 Å². The van der Waals surface area contributed by atoms with Gasteiger partial charge in [-0.1, -0.05) is 249 Å². The van der Waals surface area contributed by atoms with Gasteiger partial charge in [0, 0.05) is 25.7 Å². The monoisotopic (exact) mass is 1440 g/mol. The topological polar surface area (TPSA) is 237 Å². The van der Waals surface area contributed by atoms with Crippen LogP contribution >= 0.6 is 15.6 Å². The van der Waals surface area contributed by atoms with Gasteiger partial charge in [-0.15, -0.1) is 0 Å². The van der Waals surface area contributed by atoms with Crippen molar-refractivity contribution in [2.24, 2.45) is 0 Å². The van der Waals surface area contributed by atoms with E-state index in [0.717, 1.165) is 161 Å². The highest BCUT2D eigenvalue weighted by molar-refractivity contribution is 7.47. The number of unbranched alkanes of at least 4 members (excludes halogenated alkanes) is 14. The van der Waals surface area contributed by atoms with Crippen LogP contribution in [0.1, 0.15) is 259 Å². The fourth-order valence-electron chi connectivity index (χ4n) is 9.05. The first-order valence-electron chi connectivity index (χ1n) is 37.4. The number of hydrogen-bond donors (Lipinski definition) is 3. The van der Waals surface area contributed by atoms with E-state index in [1.807, 2.05) is 24.3 Å². The zero-order valence-corrected chi connectivity index (χ0v) is 63.3. The van der Waals surface area contributed by atoms with E-state index < -0.39 is 97.5 Å². The van der Waals surface area contributed by atoms with E-state index in [0.29, 0.717) is 38.5 Å². The van der Waals surface area contributed by atoms with Gasteiger partial charge >= 0.3 is 39.5 Å². The van der Waals surface area contributed by atoms with Crippen LogP contribution in [0.4, 0.5) is 0 Å². The molecule has 0 aliphatic carbocycles. The molecule has 0 spiro atoms. The highest BCUT2D eigenvalue weighted by Gasteiger charge is 2.30. The Hall–Kier alpha value is -5.58. The van der Waals surface area contributed by atoms with Gasteiger partial charge in [0.25, 0.3) is 0 Å². The molecule has 0 aromatic heterocycles. The number of phosphoric acid groups is 2. The fourth-order valence-corrected chi connectivity index (χ4v) is 10.6. The molecule has 0 heterocycles. The van der Waals surface area contributed by atoms with Gasteiger partial charge in [0.15, 0.2) is 12.2 Å². The highest BCUT2D eigenvalue weighted by Crippen LogP contribution is 2.45. The van der Waals surface area contributed by atoms with Crippen molar-refractivity contribution in [3.8, 4) is 0 Å². The summed E-state index contributed by atoms with van der Waals surface area (Å²) < 4.78 is 68.3. The Balaban J connectivity index is 5.46. The number of ether oxygens (including phenoxy) is 4. The lowest BCUT2D eigenvalue weighted by molar-refractivity contribution is -0.161. The van der Waals surface area contributed by atoms with Gasteiger partial charge in [0.05, 0.1) is 26.4 Å². The quantitative estimate of drug-likeness (QED) is 0.0169. The zero-order chi connectivity index (χ0) is 73.2. The largest absolute Gasteiger partial charge is 0.472 e. The molecule has 0 aliphatic heterocycles. The molecule has 5 unspecified atom stereocenters. The maximum atomic E-state index is 13.1. The van der Waals surface area contributed by atoms with Crippen molar-refractivity contribution >= 4 is 39.5 Å². The van der Waals surface area contributed by atoms with E-state index in [-0.39, 0.29) is 25.7 Å². The number of aliphatic hydroxyl groups excluding tert-OH is 1. The average molecular weight is 1440 g/mol. The molecule has 0 radical (unpaired) electrons. The van der Waals surface area contributed by atoms with Crippen molar-refractivity contribution in [2.75, 3.05) is 39.6 Å². The third-order valence-corrected chi connectivity index (χ3v) is 16.6. The molecule has 3 N–H and O–H groups in total. The van der Waals surface area contributed by atoms with Crippen LogP contribution in [-0.2, 0) is 65.4 Å². The van der Waals surface area contributed by atoms with Crippen LogP contribution in [0.2, 0.25) is 0 Å². The number of phosphoric ester groups is 2. The van der Waals surface area contributed by atoms with Gasteiger partial charge in [0.1, 0.15) is 19.3 Å². The molecular formula is C81H130O17P2. The Morgan fingerprint density at radius 2 is 0.530 bits per heavy atom. The number of hydrogen-bond acceptors (Lipinski definition) is 15. The number of rotatable bonds is 68. The minimum absolute atomic E-state index is 0.0556. The summed E-state index contributed by atoms with van der Waals surface area (Å²) in [4.78, 5) is 72.8. The fraction of sp³-hybridized carbons (Fsp3) is 0.605. The Kier molecular flexibility index (Phi) is 67.8. The molecule has 0 bridgehead atoms. The first-order chi connectivity index (χ1) is 48.7. The summed E-state index contributed by atoms with van der Waals surface area (Å²) in [7, 11) is -10.00. The lowest BCUT2D eigenvalue weighted by atomic mass is 10.1. The molecule has 5 atom stereocenters. The Labute approximate surface area is 603 Å². The van der Waals surface area contributed by atoms with E-state index >= 15 is 0 Å². The molecule has 0 fully saturated rings. The second-order valence-corrected chi connectivity index (χ2v) is 27.0. The molecule has 0 saturated heterocycles. The third kappa shape index (κ3) is 70.8. The van der Waals surface area contributed by atoms with Crippen molar-refractivity contribution in [1.82, 2.24) is 0 Å². The molecular weight excluding hydrogens is 1310 g/mol. The smallest absolute Gasteiger partial charge is 0.462 e. The second kappa shape index (κ2) is 71.8. The first-order valence-corrected chi connectivity index (χ1v) is 40.4. The lowest BCUT2D eigenvalue weighted by Crippen LogP contribution is -2.30. The normalized spacial score (nSPS) is 14.9. The van der Waals surface area contributed by atoms with Crippen LogP contribution in [0.25, 0.3) is 0 Å². The predicted octanol–water partition coefficient (Wildman–Crippen LogP) is 21.4. The standard InChI is InChI=1S/C81H130O17P2/c1-5-9-13-17-21-25-29-32-35-37-40-42-46-49-53-57-61-65-78(83)91-71-76(97-80(85)67-63-59-55-51-45-28-24-20-16-12-8-4)73-95-99(87,88)93-69-75(82)70-94-100(89,90)96-74-77(98-81(86)68-64-60-56-52-48-44-39-34-31-27-23-19-15-11-7-3)72-92-79(84)66-62-58-54-50-47-43-41-38-36-33-30-26-22-18-14-10-6-2/h9-11,13-15,20-27,32-36,39-43,49-50,53-54,75-77,82H,5-8,12,16-19,28-31,37-38,44-48,51-52,55-74H2,1-4H3,(H,87,88)(H,89,90)/b13-9-,14-10-,15-11-,24-20-,25-21-,26-22-,27-23-,35-32-,36-33-,39-34-,42-40-,43-41-,53-49-,54-50-. The first kappa shape index (κ1) is 94.4. The minimum atomic E-state index is -5.00. The number of aliphatic hydroxyl groups is 1. The van der Waals surface area contributed by atoms with E-state index in [9.17, 15) is 43.2 Å². The van der Waals surface area contributed by atoms with Crippen molar-refractivity contribution in [3.63, 3.8) is 0 Å². The molecule has 19 heteroatoms. The third-order valence-electron chi connectivity index (χ3n) is 14.7. The number of allylic oxidation sites excluding steroid dienone is 28. The number of carbonyl (C=O) groups is 4. The van der Waals surface area contributed by atoms with Crippen LogP contribution in [0, 0.1) is 0 Å². The van der Waals surface area contributed by atoms with Gasteiger partial charge in [-0.3, -0.25) is 37.3 Å². The maximum absolute atomic E-state index is 13.1. The SMILES string of the molecule is CC/C=C\C/C=C\C/C=C\C/C=C\C/C=C\CCCC(=O)OCC(COP(=O)(O)OCC(O)COP(=O)(O)OCC(COC(=O)CCC/C=C\C/C=C\C/C=C\C/C=C\C/C=C\CC)OC(=O)CCCCCCC/C=C\CCCC)OC(=O)CCCCCCC/C=C\C/C=C\C/C=C\CC. The van der Waals surface area contributed by atoms with Crippen LogP contribution in [0.3, 0.4) is 0 Å². The molecule has 100 heavy (non-hydrogen) atoms. The Morgan fingerprint density at radius 1 is 0.290 bits per heavy atom. The van der Waals surface area contributed by atoms with E-state index in [1.165, 1.54) is 6.42 Å². The van der Waals surface area contributed by atoms with E-state index in [2.05, 4.69) is 174 Å². The molecule has 0 saturated carbocycles. The summed E-state index contributed by atoms with van der Waals surface area (Å²) in [6.45, 7) is 4.29. The molecule has 0 aromatic carbocycles. The van der Waals surface area contributed by atoms with Crippen molar-refractivity contribution in [1.29, 1.82) is 0 Å². The maximum Gasteiger partial charge on any atom is 0.472 e. The van der Waals surface area contributed by atoms with Crippen LogP contribution in [0.5, 0.6) is 0 Å². The zero-order valence-electron chi connectivity index (χ0n) is 61.5. The average Bonchev–Trinajstić information content (AvgIpc) is 1.02. The van der Waals surface area contributed by atoms with Gasteiger partial charge in [-0.2, -0.15) is 0 Å².